The summed E-state index contributed by atoms with van der Waals surface area (Å²) >= 11 is 5.80. The van der Waals surface area contributed by atoms with Crippen molar-refractivity contribution in [2.24, 2.45) is 0 Å². The fourth-order valence-electron chi connectivity index (χ4n) is 3.84. The van der Waals surface area contributed by atoms with Gasteiger partial charge < -0.3 is 26.0 Å². The molecule has 160 valence electrons. The fraction of sp³-hybridized carbons (Fsp3) is 0.217. The average molecular weight is 440 g/mol. The van der Waals surface area contributed by atoms with E-state index in [9.17, 15) is 15.0 Å². The first-order valence-electron chi connectivity index (χ1n) is 9.81. The highest BCUT2D eigenvalue weighted by Crippen LogP contribution is 2.44. The summed E-state index contributed by atoms with van der Waals surface area (Å²) < 4.78 is 5.41. The smallest absolute Gasteiger partial charge is 0.407 e. The molecule has 1 aliphatic rings. The van der Waals surface area contributed by atoms with Gasteiger partial charge in [-0.25, -0.2) is 4.79 Å². The molecule has 1 aromatic heterocycles. The molecule has 0 radical (unpaired) electrons. The van der Waals surface area contributed by atoms with E-state index in [4.69, 9.17) is 22.1 Å². The van der Waals surface area contributed by atoms with Gasteiger partial charge in [0.15, 0.2) is 0 Å². The number of nitrogens with two attached hydrogens (primary N) is 1. The van der Waals surface area contributed by atoms with Gasteiger partial charge in [0, 0.05) is 18.7 Å². The molecular weight excluding hydrogens is 418 g/mol. The highest BCUT2D eigenvalue weighted by molar-refractivity contribution is 6.30. The quantitative estimate of drug-likeness (QED) is 0.468. The lowest BCUT2D eigenvalue weighted by molar-refractivity contribution is 0.0165. The molecule has 2 aromatic carbocycles. The molecule has 2 unspecified atom stereocenters. The van der Waals surface area contributed by atoms with Crippen LogP contribution in [0.5, 0.6) is 0 Å². The second-order valence-corrected chi connectivity index (χ2v) is 7.78. The number of nitrogen functional groups attached to an aromatic ring is 1. The van der Waals surface area contributed by atoms with Crippen molar-refractivity contribution in [3.63, 3.8) is 0 Å². The van der Waals surface area contributed by atoms with E-state index >= 15 is 0 Å². The zero-order valence-electron chi connectivity index (χ0n) is 16.5. The summed E-state index contributed by atoms with van der Waals surface area (Å²) in [4.78, 5) is 16.2. The van der Waals surface area contributed by atoms with Crippen LogP contribution in [0.25, 0.3) is 11.1 Å². The van der Waals surface area contributed by atoms with Crippen LogP contribution in [0.1, 0.15) is 28.8 Å². The van der Waals surface area contributed by atoms with Crippen LogP contribution in [0, 0.1) is 0 Å². The average Bonchev–Trinajstić information content (AvgIpc) is 3.09. The summed E-state index contributed by atoms with van der Waals surface area (Å²) in [5, 5.41) is 23.3. The summed E-state index contributed by atoms with van der Waals surface area (Å²) in [6.45, 7) is -0.0776. The molecule has 4 rings (SSSR count). The van der Waals surface area contributed by atoms with Gasteiger partial charge in [0.05, 0.1) is 16.4 Å². The zero-order chi connectivity index (χ0) is 22.0. The molecule has 8 heteroatoms. The Kier molecular flexibility index (Phi) is 6.08. The van der Waals surface area contributed by atoms with Crippen LogP contribution >= 0.6 is 11.6 Å². The van der Waals surface area contributed by atoms with Crippen LogP contribution in [0.15, 0.2) is 60.8 Å². The summed E-state index contributed by atoms with van der Waals surface area (Å²) in [6, 6.07) is 17.5. The number of hydrogen-bond donors (Lipinski definition) is 4. The Morgan fingerprint density at radius 1 is 1.13 bits per heavy atom. The molecule has 1 aliphatic carbocycles. The minimum Gasteiger partial charge on any atom is -0.449 e. The Morgan fingerprint density at radius 2 is 1.74 bits per heavy atom. The second kappa shape index (κ2) is 8.93. The number of ether oxygens (including phenoxy) is 1. The van der Waals surface area contributed by atoms with Crippen LogP contribution in [-0.4, -0.2) is 40.5 Å². The monoisotopic (exact) mass is 439 g/mol. The largest absolute Gasteiger partial charge is 0.449 e. The Bertz CT molecular complexity index is 1060. The highest BCUT2D eigenvalue weighted by Gasteiger charge is 2.29. The molecule has 0 aliphatic heterocycles. The van der Waals surface area contributed by atoms with Crippen LogP contribution in [0.3, 0.4) is 0 Å². The molecular formula is C23H22ClN3O4. The lowest BCUT2D eigenvalue weighted by atomic mass is 9.98. The Balaban J connectivity index is 1.35. The molecule has 2 atom stereocenters. The van der Waals surface area contributed by atoms with E-state index in [2.05, 4.69) is 22.4 Å². The second-order valence-electron chi connectivity index (χ2n) is 7.35. The SMILES string of the molecule is Nc1cc(Cl)cnc1C(O)C(O)CNC(=O)OCC1c2ccccc2-c2ccccc21. The van der Waals surface area contributed by atoms with Gasteiger partial charge >= 0.3 is 6.09 Å². The number of nitrogens with one attached hydrogen (secondary N) is 1. The number of nitrogens with zero attached hydrogens (tertiary/aromatic N) is 1. The molecule has 7 nitrogen and oxygen atoms in total. The van der Waals surface area contributed by atoms with Gasteiger partial charge in [0.25, 0.3) is 0 Å². The first kappa shape index (κ1) is 21.1. The van der Waals surface area contributed by atoms with Crippen LogP contribution in [-0.2, 0) is 4.74 Å². The zero-order valence-corrected chi connectivity index (χ0v) is 17.3. The Morgan fingerprint density at radius 3 is 2.35 bits per heavy atom. The molecule has 0 spiro atoms. The van der Waals surface area contributed by atoms with Crippen molar-refractivity contribution in [2.75, 3.05) is 18.9 Å². The number of benzene rings is 2. The molecule has 0 fully saturated rings. The van der Waals surface area contributed by atoms with Crippen molar-refractivity contribution in [3.8, 4) is 11.1 Å². The lowest BCUT2D eigenvalue weighted by Crippen LogP contribution is -2.36. The van der Waals surface area contributed by atoms with Crippen LogP contribution in [0.4, 0.5) is 10.5 Å². The number of anilines is 1. The van der Waals surface area contributed by atoms with E-state index in [0.29, 0.717) is 5.02 Å². The summed E-state index contributed by atoms with van der Waals surface area (Å²) in [6.07, 6.45) is -2.07. The number of alkyl carbamates (subject to hydrolysis) is 1. The summed E-state index contributed by atoms with van der Waals surface area (Å²) in [7, 11) is 0. The lowest BCUT2D eigenvalue weighted by Gasteiger charge is -2.19. The van der Waals surface area contributed by atoms with E-state index in [1.54, 1.807) is 0 Å². The number of carbonyl (C=O) groups is 1. The van der Waals surface area contributed by atoms with Crippen LogP contribution < -0.4 is 11.1 Å². The molecule has 0 saturated heterocycles. The number of aromatic nitrogens is 1. The third-order valence-corrected chi connectivity index (χ3v) is 5.57. The number of hydrogen-bond acceptors (Lipinski definition) is 6. The van der Waals surface area contributed by atoms with Gasteiger partial charge in [-0.2, -0.15) is 0 Å². The normalized spacial score (nSPS) is 14.4. The van der Waals surface area contributed by atoms with Gasteiger partial charge in [0.2, 0.25) is 0 Å². The summed E-state index contributed by atoms with van der Waals surface area (Å²) in [5.74, 6) is -0.0632. The van der Waals surface area contributed by atoms with Crippen molar-refractivity contribution < 1.29 is 19.7 Å². The fourth-order valence-corrected chi connectivity index (χ4v) is 4.01. The number of aliphatic hydroxyl groups is 2. The van der Waals surface area contributed by atoms with Crippen LogP contribution in [0.2, 0.25) is 5.02 Å². The number of aliphatic hydroxyl groups excluding tert-OH is 2. The molecule has 1 heterocycles. The van der Waals surface area contributed by atoms with Gasteiger partial charge in [-0.3, -0.25) is 4.98 Å². The van der Waals surface area contributed by atoms with Gasteiger partial charge in [-0.05, 0) is 28.3 Å². The number of rotatable bonds is 6. The first-order chi connectivity index (χ1) is 15.0. The number of carbonyl (C=O) groups excluding carboxylic acids is 1. The van der Waals surface area contributed by atoms with Gasteiger partial charge in [-0.15, -0.1) is 0 Å². The maximum Gasteiger partial charge on any atom is 0.407 e. The number of amides is 1. The first-order valence-corrected chi connectivity index (χ1v) is 10.2. The molecule has 31 heavy (non-hydrogen) atoms. The van der Waals surface area contributed by atoms with Crippen molar-refractivity contribution in [2.45, 2.75) is 18.1 Å². The predicted molar refractivity (Wildman–Crippen MR) is 118 cm³/mol. The number of halogens is 1. The number of pyridine rings is 1. The molecule has 3 aromatic rings. The maximum atomic E-state index is 12.2. The van der Waals surface area contributed by atoms with Crippen molar-refractivity contribution >= 4 is 23.4 Å². The Labute approximate surface area is 184 Å². The van der Waals surface area contributed by atoms with Gasteiger partial charge in [0.1, 0.15) is 18.8 Å². The van der Waals surface area contributed by atoms with E-state index < -0.39 is 18.3 Å². The molecule has 0 saturated carbocycles. The maximum absolute atomic E-state index is 12.2. The highest BCUT2D eigenvalue weighted by atomic mass is 35.5. The predicted octanol–water partition coefficient (Wildman–Crippen LogP) is 3.25. The minimum atomic E-state index is -1.38. The van der Waals surface area contributed by atoms with E-state index in [0.717, 1.165) is 22.3 Å². The van der Waals surface area contributed by atoms with E-state index in [1.165, 1.54) is 12.3 Å². The topological polar surface area (TPSA) is 118 Å². The van der Waals surface area contributed by atoms with Crippen molar-refractivity contribution in [3.05, 3.63) is 82.6 Å². The third kappa shape index (κ3) is 4.34. The Hall–Kier alpha value is -3.13. The molecule has 5 N–H and O–H groups in total. The van der Waals surface area contributed by atoms with E-state index in [-0.39, 0.29) is 30.5 Å². The third-order valence-electron chi connectivity index (χ3n) is 5.36. The standard InChI is InChI=1S/C23H22ClN3O4/c24-13-9-19(25)21(26-10-13)22(29)20(28)11-27-23(30)31-12-18-16-7-3-1-5-14(16)15-6-2-4-8-17(15)18/h1-10,18,20,22,28-29H,11-12,25H2,(H,27,30). The van der Waals surface area contributed by atoms with Gasteiger partial charge in [-0.1, -0.05) is 60.1 Å². The minimum absolute atomic E-state index is 0.0632. The summed E-state index contributed by atoms with van der Waals surface area (Å²) in [5.41, 5.74) is 10.5. The number of fused-ring (bicyclic) bond motifs is 3. The molecule has 1 amide bonds. The van der Waals surface area contributed by atoms with Crippen molar-refractivity contribution in [1.82, 2.24) is 10.3 Å². The van der Waals surface area contributed by atoms with Crippen molar-refractivity contribution in [1.29, 1.82) is 0 Å². The van der Waals surface area contributed by atoms with E-state index in [1.807, 2.05) is 36.4 Å². The molecule has 0 bridgehead atoms.